The molecule has 1 heterocycles. The number of rotatable bonds is 8. The van der Waals surface area contributed by atoms with Crippen molar-refractivity contribution < 1.29 is 13.2 Å². The molecule has 32 heavy (non-hydrogen) atoms. The van der Waals surface area contributed by atoms with Crippen LogP contribution >= 0.6 is 11.6 Å². The van der Waals surface area contributed by atoms with E-state index < -0.39 is 10.0 Å². The highest BCUT2D eigenvalue weighted by atomic mass is 35.5. The number of benzene rings is 2. The van der Waals surface area contributed by atoms with Crippen LogP contribution in [0.3, 0.4) is 0 Å². The van der Waals surface area contributed by atoms with Gasteiger partial charge < -0.3 is 14.8 Å². The van der Waals surface area contributed by atoms with Gasteiger partial charge in [-0.05, 0) is 43.3 Å². The molecule has 0 spiro atoms. The molecule has 3 aromatic rings. The first-order chi connectivity index (χ1) is 15.0. The van der Waals surface area contributed by atoms with Crippen molar-refractivity contribution in [1.29, 1.82) is 0 Å². The van der Waals surface area contributed by atoms with E-state index in [1.165, 1.54) is 18.4 Å². The van der Waals surface area contributed by atoms with Gasteiger partial charge in [0.1, 0.15) is 5.82 Å². The summed E-state index contributed by atoms with van der Waals surface area (Å²) in [6.07, 6.45) is 0.646. The fourth-order valence-corrected chi connectivity index (χ4v) is 4.61. The van der Waals surface area contributed by atoms with Crippen molar-refractivity contribution in [2.24, 2.45) is 0 Å². The maximum Gasteiger partial charge on any atom is 0.242 e. The maximum atomic E-state index is 12.7. The standard InChI is InChI=1S/C22H28ClN5O3S/c1-6-28-20-10-8-16(32(30,31)27(4)5)14-18(20)24-21(28)11-12-22(29)25-17-13-15(23)7-9-19(17)26(2)3/h7-10,13-14H,6,11-12H2,1-5H3,(H,25,29). The first-order valence-corrected chi connectivity index (χ1v) is 12.0. The highest BCUT2D eigenvalue weighted by Crippen LogP contribution is 2.28. The van der Waals surface area contributed by atoms with Crippen LogP contribution in [0, 0.1) is 0 Å². The summed E-state index contributed by atoms with van der Waals surface area (Å²) in [6.45, 7) is 2.65. The number of amides is 1. The van der Waals surface area contributed by atoms with Crippen LogP contribution < -0.4 is 10.2 Å². The molecule has 172 valence electrons. The molecule has 0 aliphatic heterocycles. The van der Waals surface area contributed by atoms with Gasteiger partial charge in [0.2, 0.25) is 15.9 Å². The number of aromatic nitrogens is 2. The molecular weight excluding hydrogens is 450 g/mol. The normalized spacial score (nSPS) is 11.8. The lowest BCUT2D eigenvalue weighted by atomic mass is 10.2. The zero-order valence-electron chi connectivity index (χ0n) is 18.9. The van der Waals surface area contributed by atoms with E-state index in [0.29, 0.717) is 29.2 Å². The number of hydrogen-bond acceptors (Lipinski definition) is 5. The van der Waals surface area contributed by atoms with Gasteiger partial charge in [0, 0.05) is 52.6 Å². The second-order valence-electron chi connectivity index (χ2n) is 7.81. The number of nitrogens with one attached hydrogen (secondary N) is 1. The van der Waals surface area contributed by atoms with Crippen molar-refractivity contribution in [3.63, 3.8) is 0 Å². The smallest absolute Gasteiger partial charge is 0.242 e. The third kappa shape index (κ3) is 4.90. The number of carbonyl (C=O) groups excluding carboxylic acids is 1. The largest absolute Gasteiger partial charge is 0.376 e. The monoisotopic (exact) mass is 477 g/mol. The van der Waals surface area contributed by atoms with Crippen LogP contribution in [0.2, 0.25) is 5.02 Å². The van der Waals surface area contributed by atoms with Gasteiger partial charge in [-0.25, -0.2) is 17.7 Å². The molecule has 0 radical (unpaired) electrons. The molecule has 0 bridgehead atoms. The van der Waals surface area contributed by atoms with E-state index in [2.05, 4.69) is 10.3 Å². The van der Waals surface area contributed by atoms with Gasteiger partial charge >= 0.3 is 0 Å². The van der Waals surface area contributed by atoms with E-state index in [0.717, 1.165) is 17.0 Å². The summed E-state index contributed by atoms with van der Waals surface area (Å²) in [7, 11) is 3.24. The molecule has 0 atom stereocenters. The van der Waals surface area contributed by atoms with Gasteiger partial charge in [0.15, 0.2) is 0 Å². The zero-order chi connectivity index (χ0) is 23.6. The van der Waals surface area contributed by atoms with Gasteiger partial charge in [0.25, 0.3) is 0 Å². The van der Waals surface area contributed by atoms with Crippen LogP contribution in [0.4, 0.5) is 11.4 Å². The maximum absolute atomic E-state index is 12.7. The van der Waals surface area contributed by atoms with Crippen LogP contribution in [0.5, 0.6) is 0 Å². The molecule has 0 aliphatic carbocycles. The molecule has 2 aromatic carbocycles. The van der Waals surface area contributed by atoms with Crippen molar-refractivity contribution in [1.82, 2.24) is 13.9 Å². The first kappa shape index (κ1) is 24.0. The molecule has 0 fully saturated rings. The average Bonchev–Trinajstić information content (AvgIpc) is 3.08. The lowest BCUT2D eigenvalue weighted by Crippen LogP contribution is -2.22. The minimum atomic E-state index is -3.55. The Labute approximate surface area is 193 Å². The summed E-state index contributed by atoms with van der Waals surface area (Å²) >= 11 is 6.10. The number of sulfonamides is 1. The number of nitrogens with zero attached hydrogens (tertiary/aromatic N) is 4. The summed E-state index contributed by atoms with van der Waals surface area (Å²) in [5.74, 6) is 0.580. The van der Waals surface area contributed by atoms with Crippen LogP contribution in [0.25, 0.3) is 11.0 Å². The third-order valence-electron chi connectivity index (χ3n) is 5.18. The minimum Gasteiger partial charge on any atom is -0.376 e. The summed E-state index contributed by atoms with van der Waals surface area (Å²) < 4.78 is 28.1. The van der Waals surface area contributed by atoms with Crippen LogP contribution in [-0.2, 0) is 27.8 Å². The lowest BCUT2D eigenvalue weighted by Gasteiger charge is -2.18. The molecule has 10 heteroatoms. The molecular formula is C22H28ClN5O3S. The van der Waals surface area contributed by atoms with Crippen LogP contribution in [0.15, 0.2) is 41.3 Å². The van der Waals surface area contributed by atoms with Crippen molar-refractivity contribution in [2.45, 2.75) is 31.2 Å². The number of halogens is 1. The summed E-state index contributed by atoms with van der Waals surface area (Å²) in [5, 5.41) is 3.47. The molecule has 0 unspecified atom stereocenters. The molecule has 0 saturated heterocycles. The Bertz CT molecular complexity index is 1250. The summed E-state index contributed by atoms with van der Waals surface area (Å²) in [4.78, 5) is 19.4. The van der Waals surface area contributed by atoms with E-state index in [1.807, 2.05) is 36.6 Å². The van der Waals surface area contributed by atoms with Crippen molar-refractivity contribution in [3.05, 3.63) is 47.2 Å². The minimum absolute atomic E-state index is 0.152. The molecule has 1 aromatic heterocycles. The third-order valence-corrected chi connectivity index (χ3v) is 7.23. The first-order valence-electron chi connectivity index (χ1n) is 10.2. The molecule has 0 aliphatic rings. The SMILES string of the molecule is CCn1c(CCC(=O)Nc2cc(Cl)ccc2N(C)C)nc2cc(S(=O)(=O)N(C)C)ccc21. The van der Waals surface area contributed by atoms with Gasteiger partial charge in [-0.3, -0.25) is 4.79 Å². The quantitative estimate of drug-likeness (QED) is 0.535. The number of anilines is 2. The van der Waals surface area contributed by atoms with Crippen molar-refractivity contribution >= 4 is 49.9 Å². The van der Waals surface area contributed by atoms with Crippen molar-refractivity contribution in [3.8, 4) is 0 Å². The van der Waals surface area contributed by atoms with Gasteiger partial charge in [0.05, 0.1) is 27.3 Å². The van der Waals surface area contributed by atoms with Crippen molar-refractivity contribution in [2.75, 3.05) is 38.4 Å². The number of hydrogen-bond donors (Lipinski definition) is 1. The Balaban J connectivity index is 1.82. The van der Waals surface area contributed by atoms with E-state index in [9.17, 15) is 13.2 Å². The molecule has 3 rings (SSSR count). The second kappa shape index (κ2) is 9.48. The molecule has 1 amide bonds. The number of imidazole rings is 1. The summed E-state index contributed by atoms with van der Waals surface area (Å²) in [5.41, 5.74) is 2.94. The van der Waals surface area contributed by atoms with E-state index in [1.54, 1.807) is 30.3 Å². The Hall–Kier alpha value is -2.62. The molecule has 8 nitrogen and oxygen atoms in total. The Morgan fingerprint density at radius 3 is 2.47 bits per heavy atom. The fourth-order valence-electron chi connectivity index (χ4n) is 3.51. The zero-order valence-corrected chi connectivity index (χ0v) is 20.5. The van der Waals surface area contributed by atoms with Gasteiger partial charge in [-0.1, -0.05) is 11.6 Å². The number of aryl methyl sites for hydroxylation is 2. The summed E-state index contributed by atoms with van der Waals surface area (Å²) in [6, 6.07) is 10.3. The Morgan fingerprint density at radius 2 is 1.84 bits per heavy atom. The van der Waals surface area contributed by atoms with Crippen LogP contribution in [0.1, 0.15) is 19.2 Å². The van der Waals surface area contributed by atoms with Gasteiger partial charge in [-0.2, -0.15) is 0 Å². The molecule has 1 N–H and O–H groups in total. The second-order valence-corrected chi connectivity index (χ2v) is 10.4. The topological polar surface area (TPSA) is 87.5 Å². The Morgan fingerprint density at radius 1 is 1.12 bits per heavy atom. The number of fused-ring (bicyclic) bond motifs is 1. The van der Waals surface area contributed by atoms with Gasteiger partial charge in [-0.15, -0.1) is 0 Å². The van der Waals surface area contributed by atoms with E-state index >= 15 is 0 Å². The number of carbonyl (C=O) groups is 1. The highest BCUT2D eigenvalue weighted by molar-refractivity contribution is 7.89. The highest BCUT2D eigenvalue weighted by Gasteiger charge is 2.20. The predicted molar refractivity (Wildman–Crippen MR) is 129 cm³/mol. The lowest BCUT2D eigenvalue weighted by molar-refractivity contribution is -0.116. The molecule has 0 saturated carbocycles. The fraction of sp³-hybridized carbons (Fsp3) is 0.364. The Kier molecular flexibility index (Phi) is 7.12. The average molecular weight is 478 g/mol. The van der Waals surface area contributed by atoms with E-state index in [-0.39, 0.29) is 17.2 Å². The van der Waals surface area contributed by atoms with E-state index in [4.69, 9.17) is 11.6 Å². The van der Waals surface area contributed by atoms with Crippen LogP contribution in [-0.4, -0.2) is 56.4 Å². The predicted octanol–water partition coefficient (Wildman–Crippen LogP) is 3.60.